The predicted octanol–water partition coefficient (Wildman–Crippen LogP) is 4.23. The van der Waals surface area contributed by atoms with Gasteiger partial charge in [-0.2, -0.15) is 4.98 Å². The van der Waals surface area contributed by atoms with Crippen LogP contribution in [0, 0.1) is 0 Å². The number of nitrogens with one attached hydrogen (secondary N) is 1. The first kappa shape index (κ1) is 23.3. The monoisotopic (exact) mass is 449 g/mol. The second-order valence-corrected chi connectivity index (χ2v) is 14.1. The van der Waals surface area contributed by atoms with Crippen molar-refractivity contribution in [2.24, 2.45) is 10.7 Å². The quantitative estimate of drug-likeness (QED) is 0.216. The molecule has 0 bridgehead atoms. The van der Waals surface area contributed by atoms with Crippen LogP contribution in [0.2, 0.25) is 25.7 Å². The molecule has 0 unspecified atom stereocenters. The normalized spacial score (nSPS) is 12.4. The number of carbonyl (C=O) groups is 1. The van der Waals surface area contributed by atoms with E-state index in [9.17, 15) is 4.79 Å². The molecule has 0 saturated carbocycles. The Labute approximate surface area is 189 Å². The standard InChI is InChI=1S/C24H28N4O3Si/c1-32(2,3)13-12-30-17-27-22(10-11-25)19-5-9-24(26-15-19)31-21-7-8-23-18(14-21)4-6-20(16-29)28-23/h4-11,14-16H,12-13,17,25H2,1-3H3/p+1/b11-10-,27-22-. The van der Waals surface area contributed by atoms with Crippen molar-refractivity contribution >= 4 is 31.0 Å². The zero-order chi connectivity index (χ0) is 23.0. The van der Waals surface area contributed by atoms with E-state index in [2.05, 4.69) is 34.6 Å². The summed E-state index contributed by atoms with van der Waals surface area (Å²) >= 11 is 0. The van der Waals surface area contributed by atoms with E-state index in [1.807, 2.05) is 42.6 Å². The predicted molar refractivity (Wildman–Crippen MR) is 129 cm³/mol. The molecular weight excluding hydrogens is 420 g/mol. The van der Waals surface area contributed by atoms with Crippen LogP contribution in [0.4, 0.5) is 0 Å². The van der Waals surface area contributed by atoms with E-state index in [0.717, 1.165) is 41.1 Å². The summed E-state index contributed by atoms with van der Waals surface area (Å²) in [5.41, 5.74) is 8.34. The maximum absolute atomic E-state index is 10.9. The topological polar surface area (TPSA) is 101 Å². The summed E-state index contributed by atoms with van der Waals surface area (Å²) in [6.45, 7) is 7.97. The molecule has 0 saturated heterocycles. The Balaban J connectivity index is 1.66. The number of rotatable bonds is 10. The van der Waals surface area contributed by atoms with Gasteiger partial charge in [-0.25, -0.2) is 4.98 Å². The fraction of sp³-hybridized carbons (Fsp3) is 0.250. The van der Waals surface area contributed by atoms with Crippen LogP contribution in [0.3, 0.4) is 0 Å². The fourth-order valence-electron chi connectivity index (χ4n) is 2.90. The molecule has 0 aliphatic heterocycles. The van der Waals surface area contributed by atoms with Crippen LogP contribution in [0.15, 0.2) is 65.9 Å². The lowest BCUT2D eigenvalue weighted by Gasteiger charge is -2.14. The van der Waals surface area contributed by atoms with Gasteiger partial charge in [0, 0.05) is 20.1 Å². The van der Waals surface area contributed by atoms with Gasteiger partial charge in [0.25, 0.3) is 0 Å². The van der Waals surface area contributed by atoms with Crippen LogP contribution in [0.1, 0.15) is 16.1 Å². The summed E-state index contributed by atoms with van der Waals surface area (Å²) in [7, 11) is -1.12. The zero-order valence-corrected chi connectivity index (χ0v) is 19.7. The zero-order valence-electron chi connectivity index (χ0n) is 18.7. The Bertz CT molecular complexity index is 1120. The molecule has 0 aliphatic carbocycles. The second kappa shape index (κ2) is 10.8. The number of aldehydes is 1. The summed E-state index contributed by atoms with van der Waals surface area (Å²) in [6.07, 6.45) is 5.76. The van der Waals surface area contributed by atoms with Crippen molar-refractivity contribution in [3.63, 3.8) is 0 Å². The third-order valence-corrected chi connectivity index (χ3v) is 6.39. The number of pyridine rings is 2. The van der Waals surface area contributed by atoms with Crippen molar-refractivity contribution in [1.82, 2.24) is 4.98 Å². The summed E-state index contributed by atoms with van der Waals surface area (Å²) in [5, 5.41) is 0.890. The highest BCUT2D eigenvalue weighted by molar-refractivity contribution is 6.76. The van der Waals surface area contributed by atoms with Gasteiger partial charge in [-0.15, -0.1) is 0 Å². The van der Waals surface area contributed by atoms with E-state index in [1.54, 1.807) is 12.1 Å². The van der Waals surface area contributed by atoms with Crippen LogP contribution in [-0.2, 0) is 4.74 Å². The molecule has 166 valence electrons. The van der Waals surface area contributed by atoms with Crippen LogP contribution in [-0.4, -0.2) is 38.4 Å². The summed E-state index contributed by atoms with van der Waals surface area (Å²) < 4.78 is 11.6. The molecule has 32 heavy (non-hydrogen) atoms. The van der Waals surface area contributed by atoms with Crippen molar-refractivity contribution in [3.05, 3.63) is 72.2 Å². The van der Waals surface area contributed by atoms with Crippen LogP contribution in [0.5, 0.6) is 11.6 Å². The van der Waals surface area contributed by atoms with Crippen LogP contribution < -0.4 is 15.5 Å². The summed E-state index contributed by atoms with van der Waals surface area (Å²) in [6, 6.07) is 13.9. The van der Waals surface area contributed by atoms with Gasteiger partial charge in [-0.05, 0) is 48.7 Å². The number of allylic oxidation sites excluding steroid dienone is 1. The van der Waals surface area contributed by atoms with Gasteiger partial charge < -0.3 is 15.2 Å². The molecule has 0 spiro atoms. The van der Waals surface area contributed by atoms with E-state index in [-0.39, 0.29) is 0 Å². The minimum Gasteiger partial charge on any atom is -0.405 e. The summed E-state index contributed by atoms with van der Waals surface area (Å²) in [4.78, 5) is 22.8. The van der Waals surface area contributed by atoms with E-state index >= 15 is 0 Å². The Hall–Kier alpha value is -3.36. The highest BCUT2D eigenvalue weighted by Crippen LogP contribution is 2.23. The largest absolute Gasteiger partial charge is 0.405 e. The Morgan fingerprint density at radius 1 is 1.19 bits per heavy atom. The molecule has 0 aliphatic rings. The average Bonchev–Trinajstić information content (AvgIpc) is 2.77. The molecule has 8 heteroatoms. The highest BCUT2D eigenvalue weighted by Gasteiger charge is 2.12. The van der Waals surface area contributed by atoms with Crippen molar-refractivity contribution in [1.29, 1.82) is 0 Å². The molecule has 0 fully saturated rings. The number of nitrogens with zero attached hydrogens (tertiary/aromatic N) is 2. The van der Waals surface area contributed by atoms with E-state index < -0.39 is 8.07 Å². The van der Waals surface area contributed by atoms with E-state index in [4.69, 9.17) is 15.2 Å². The first-order valence-corrected chi connectivity index (χ1v) is 14.1. The SMILES string of the molecule is C[Si](C)(C)CCOC/N=C(/C=C\N)c1ccc(Oc2ccc3nc(C=O)ccc3c2)[nH+]c1. The van der Waals surface area contributed by atoms with Gasteiger partial charge >= 0.3 is 5.88 Å². The van der Waals surface area contributed by atoms with E-state index in [1.165, 1.54) is 6.20 Å². The van der Waals surface area contributed by atoms with Gasteiger partial charge in [-0.3, -0.25) is 9.79 Å². The molecule has 0 radical (unpaired) electrons. The Morgan fingerprint density at radius 3 is 2.72 bits per heavy atom. The number of H-pyrrole nitrogens is 1. The fourth-order valence-corrected chi connectivity index (χ4v) is 3.66. The number of carbonyl (C=O) groups excluding carboxylic acids is 1. The third-order valence-electron chi connectivity index (χ3n) is 4.69. The number of benzene rings is 1. The smallest absolute Gasteiger partial charge is 0.371 e. The number of aromatic amines is 1. The molecule has 0 atom stereocenters. The molecule has 0 amide bonds. The van der Waals surface area contributed by atoms with Crippen molar-refractivity contribution in [2.75, 3.05) is 13.3 Å². The minimum absolute atomic E-state index is 0.291. The Morgan fingerprint density at radius 2 is 2.03 bits per heavy atom. The molecule has 3 aromatic rings. The number of aromatic nitrogens is 2. The van der Waals surface area contributed by atoms with Crippen molar-refractivity contribution in [3.8, 4) is 11.6 Å². The number of hydrogen-bond donors (Lipinski definition) is 1. The molecule has 3 N–H and O–H groups in total. The van der Waals surface area contributed by atoms with Crippen LogP contribution >= 0.6 is 0 Å². The van der Waals surface area contributed by atoms with Gasteiger partial charge in [0.1, 0.15) is 18.2 Å². The lowest BCUT2D eigenvalue weighted by Crippen LogP contribution is -2.21. The van der Waals surface area contributed by atoms with E-state index in [0.29, 0.717) is 24.1 Å². The second-order valence-electron chi connectivity index (χ2n) is 8.50. The minimum atomic E-state index is -1.12. The summed E-state index contributed by atoms with van der Waals surface area (Å²) in [5.74, 6) is 1.24. The number of fused-ring (bicyclic) bond motifs is 1. The third kappa shape index (κ3) is 6.83. The highest BCUT2D eigenvalue weighted by atomic mass is 28.3. The van der Waals surface area contributed by atoms with Crippen molar-refractivity contribution in [2.45, 2.75) is 25.7 Å². The first-order chi connectivity index (χ1) is 15.4. The molecule has 2 heterocycles. The molecule has 3 rings (SSSR count). The number of ether oxygens (including phenoxy) is 2. The number of hydrogen-bond acceptors (Lipinski definition) is 6. The average molecular weight is 450 g/mol. The lowest BCUT2D eigenvalue weighted by molar-refractivity contribution is -0.391. The van der Waals surface area contributed by atoms with Gasteiger partial charge in [0.15, 0.2) is 12.5 Å². The van der Waals surface area contributed by atoms with Crippen molar-refractivity contribution < 1.29 is 19.3 Å². The van der Waals surface area contributed by atoms with Gasteiger partial charge in [0.2, 0.25) is 0 Å². The maximum Gasteiger partial charge on any atom is 0.371 e. The van der Waals surface area contributed by atoms with Crippen LogP contribution in [0.25, 0.3) is 10.9 Å². The molecular formula is C24H29N4O3Si+. The Kier molecular flexibility index (Phi) is 7.86. The molecule has 7 nitrogen and oxygen atoms in total. The lowest BCUT2D eigenvalue weighted by atomic mass is 10.2. The molecule has 2 aromatic heterocycles. The number of nitrogens with two attached hydrogens (primary N) is 1. The van der Waals surface area contributed by atoms with Gasteiger partial charge in [-0.1, -0.05) is 25.7 Å². The number of aliphatic imine (C=N–C) groups is 1. The first-order valence-electron chi connectivity index (χ1n) is 10.4. The molecule has 1 aromatic carbocycles. The maximum atomic E-state index is 10.9. The van der Waals surface area contributed by atoms with Gasteiger partial charge in [0.05, 0.1) is 22.9 Å².